The minimum atomic E-state index is -0.216. The summed E-state index contributed by atoms with van der Waals surface area (Å²) in [5, 5.41) is 7.18. The molecule has 0 aliphatic rings. The molecule has 1 rings (SSSR count). The van der Waals surface area contributed by atoms with Gasteiger partial charge in [0.05, 0.1) is 6.54 Å². The van der Waals surface area contributed by atoms with Crippen LogP contribution in [0.1, 0.15) is 26.3 Å². The Hall–Kier alpha value is -0.770. The summed E-state index contributed by atoms with van der Waals surface area (Å²) in [5.41, 5.74) is 0.666. The Morgan fingerprint density at radius 3 is 2.56 bits per heavy atom. The van der Waals surface area contributed by atoms with E-state index < -0.39 is 0 Å². The Kier molecular flexibility index (Phi) is 5.45. The second kappa shape index (κ2) is 6.41. The highest BCUT2D eigenvalue weighted by Gasteiger charge is 2.13. The second-order valence-corrected chi connectivity index (χ2v) is 5.98. The van der Waals surface area contributed by atoms with Gasteiger partial charge < -0.3 is 10.6 Å². The van der Waals surface area contributed by atoms with Crippen molar-refractivity contribution in [1.82, 2.24) is 10.6 Å². The van der Waals surface area contributed by atoms with Gasteiger partial charge in [-0.1, -0.05) is 23.2 Å². The molecule has 0 heterocycles. The van der Waals surface area contributed by atoms with Gasteiger partial charge in [-0.05, 0) is 44.5 Å². The molecule has 0 spiro atoms. The van der Waals surface area contributed by atoms with Crippen LogP contribution < -0.4 is 10.6 Å². The van der Waals surface area contributed by atoms with Crippen molar-refractivity contribution in [3.05, 3.63) is 33.8 Å². The van der Waals surface area contributed by atoms with E-state index in [4.69, 9.17) is 23.2 Å². The SMILES string of the molecule is CC(C)(C)NC(=O)CNCc1cc(Cl)ccc1Cl. The number of amides is 1. The molecular formula is C13H18Cl2N2O. The Balaban J connectivity index is 2.42. The fourth-order valence-electron chi connectivity index (χ4n) is 1.45. The molecule has 3 nitrogen and oxygen atoms in total. The molecule has 0 aliphatic carbocycles. The highest BCUT2D eigenvalue weighted by atomic mass is 35.5. The lowest BCUT2D eigenvalue weighted by Gasteiger charge is -2.20. The maximum atomic E-state index is 11.6. The summed E-state index contributed by atoms with van der Waals surface area (Å²) >= 11 is 11.9. The molecule has 1 amide bonds. The predicted octanol–water partition coefficient (Wildman–Crippen LogP) is 3.00. The average molecular weight is 289 g/mol. The third kappa shape index (κ3) is 5.71. The topological polar surface area (TPSA) is 41.1 Å². The number of hydrogen-bond donors (Lipinski definition) is 2. The van der Waals surface area contributed by atoms with Gasteiger partial charge in [0.2, 0.25) is 5.91 Å². The number of halogens is 2. The summed E-state index contributed by atoms with van der Waals surface area (Å²) in [6, 6.07) is 5.27. The van der Waals surface area contributed by atoms with Crippen molar-refractivity contribution in [2.24, 2.45) is 0 Å². The summed E-state index contributed by atoms with van der Waals surface area (Å²) in [4.78, 5) is 11.6. The van der Waals surface area contributed by atoms with Crippen LogP contribution in [0.25, 0.3) is 0 Å². The minimum absolute atomic E-state index is 0.0411. The highest BCUT2D eigenvalue weighted by molar-refractivity contribution is 6.33. The lowest BCUT2D eigenvalue weighted by Crippen LogP contribution is -2.44. The van der Waals surface area contributed by atoms with E-state index in [1.807, 2.05) is 20.8 Å². The van der Waals surface area contributed by atoms with Gasteiger partial charge in [-0.15, -0.1) is 0 Å². The maximum absolute atomic E-state index is 11.6. The standard InChI is InChI=1S/C13H18Cl2N2O/c1-13(2,3)17-12(18)8-16-7-9-6-10(14)4-5-11(9)15/h4-6,16H,7-8H2,1-3H3,(H,17,18). The van der Waals surface area contributed by atoms with E-state index >= 15 is 0 Å². The average Bonchev–Trinajstić information content (AvgIpc) is 2.20. The third-order valence-electron chi connectivity index (χ3n) is 2.12. The molecule has 0 unspecified atom stereocenters. The van der Waals surface area contributed by atoms with Crippen LogP contribution in [0.4, 0.5) is 0 Å². The number of carbonyl (C=O) groups excluding carboxylic acids is 1. The molecule has 0 saturated carbocycles. The van der Waals surface area contributed by atoms with E-state index in [9.17, 15) is 4.79 Å². The zero-order chi connectivity index (χ0) is 13.8. The van der Waals surface area contributed by atoms with Crippen molar-refractivity contribution in [2.75, 3.05) is 6.54 Å². The Morgan fingerprint density at radius 1 is 1.28 bits per heavy atom. The van der Waals surface area contributed by atoms with Crippen LogP contribution in [0.3, 0.4) is 0 Å². The van der Waals surface area contributed by atoms with E-state index in [2.05, 4.69) is 10.6 Å². The van der Waals surface area contributed by atoms with Gasteiger partial charge in [0.25, 0.3) is 0 Å². The first kappa shape index (κ1) is 15.3. The third-order valence-corrected chi connectivity index (χ3v) is 2.73. The van der Waals surface area contributed by atoms with Gasteiger partial charge in [-0.25, -0.2) is 0 Å². The monoisotopic (exact) mass is 288 g/mol. The van der Waals surface area contributed by atoms with Gasteiger partial charge >= 0.3 is 0 Å². The van der Waals surface area contributed by atoms with Gasteiger partial charge in [0.15, 0.2) is 0 Å². The highest BCUT2D eigenvalue weighted by Crippen LogP contribution is 2.20. The Labute approximate surface area is 118 Å². The van der Waals surface area contributed by atoms with E-state index in [-0.39, 0.29) is 18.0 Å². The van der Waals surface area contributed by atoms with Gasteiger partial charge in [-0.3, -0.25) is 4.79 Å². The first-order valence-electron chi connectivity index (χ1n) is 5.73. The number of benzene rings is 1. The summed E-state index contributed by atoms with van der Waals surface area (Å²) in [5.74, 6) is -0.0411. The van der Waals surface area contributed by atoms with Crippen molar-refractivity contribution in [3.63, 3.8) is 0 Å². The van der Waals surface area contributed by atoms with Crippen LogP contribution in [-0.4, -0.2) is 18.0 Å². The smallest absolute Gasteiger partial charge is 0.234 e. The summed E-state index contributed by atoms with van der Waals surface area (Å²) in [6.45, 7) is 6.59. The molecule has 2 N–H and O–H groups in total. The predicted molar refractivity (Wildman–Crippen MR) is 76.1 cm³/mol. The molecule has 1 aromatic carbocycles. The first-order valence-corrected chi connectivity index (χ1v) is 6.49. The van der Waals surface area contributed by atoms with Crippen LogP contribution in [0.2, 0.25) is 10.0 Å². The molecule has 0 bridgehead atoms. The molecule has 0 radical (unpaired) electrons. The van der Waals surface area contributed by atoms with Crippen molar-refractivity contribution < 1.29 is 4.79 Å². The van der Waals surface area contributed by atoms with Crippen molar-refractivity contribution in [2.45, 2.75) is 32.9 Å². The zero-order valence-corrected chi connectivity index (χ0v) is 12.3. The van der Waals surface area contributed by atoms with E-state index in [1.165, 1.54) is 0 Å². The molecule has 0 atom stereocenters. The Bertz CT molecular complexity index is 427. The lowest BCUT2D eigenvalue weighted by molar-refractivity contribution is -0.121. The van der Waals surface area contributed by atoms with Crippen LogP contribution in [-0.2, 0) is 11.3 Å². The van der Waals surface area contributed by atoms with Gasteiger partial charge in [0.1, 0.15) is 0 Å². The summed E-state index contributed by atoms with van der Waals surface area (Å²) in [6.07, 6.45) is 0. The molecule has 0 aromatic heterocycles. The normalized spacial score (nSPS) is 11.4. The fourth-order valence-corrected chi connectivity index (χ4v) is 1.83. The molecule has 100 valence electrons. The summed E-state index contributed by atoms with van der Waals surface area (Å²) < 4.78 is 0. The number of hydrogen-bond acceptors (Lipinski definition) is 2. The van der Waals surface area contributed by atoms with Crippen LogP contribution in [0.15, 0.2) is 18.2 Å². The van der Waals surface area contributed by atoms with Crippen molar-refractivity contribution >= 4 is 29.1 Å². The molecule has 0 saturated heterocycles. The largest absolute Gasteiger partial charge is 0.350 e. The zero-order valence-electron chi connectivity index (χ0n) is 10.8. The molecule has 18 heavy (non-hydrogen) atoms. The van der Waals surface area contributed by atoms with Crippen molar-refractivity contribution in [1.29, 1.82) is 0 Å². The second-order valence-electron chi connectivity index (χ2n) is 5.14. The quantitative estimate of drug-likeness (QED) is 0.894. The van der Waals surface area contributed by atoms with Gasteiger partial charge in [-0.2, -0.15) is 0 Å². The van der Waals surface area contributed by atoms with Crippen LogP contribution in [0.5, 0.6) is 0 Å². The van der Waals surface area contributed by atoms with E-state index in [1.54, 1.807) is 18.2 Å². The number of rotatable bonds is 4. The van der Waals surface area contributed by atoms with Crippen molar-refractivity contribution in [3.8, 4) is 0 Å². The molecule has 0 aliphatic heterocycles. The molecular weight excluding hydrogens is 271 g/mol. The van der Waals surface area contributed by atoms with E-state index in [0.29, 0.717) is 16.6 Å². The number of carbonyl (C=O) groups is 1. The number of nitrogens with one attached hydrogen (secondary N) is 2. The van der Waals surface area contributed by atoms with Crippen LogP contribution >= 0.6 is 23.2 Å². The maximum Gasteiger partial charge on any atom is 0.234 e. The first-order chi connectivity index (χ1) is 8.28. The minimum Gasteiger partial charge on any atom is -0.350 e. The molecule has 1 aromatic rings. The van der Waals surface area contributed by atoms with Crippen LogP contribution in [0, 0.1) is 0 Å². The summed E-state index contributed by atoms with van der Waals surface area (Å²) in [7, 11) is 0. The molecule has 0 fully saturated rings. The molecule has 5 heteroatoms. The fraction of sp³-hybridized carbons (Fsp3) is 0.462. The van der Waals surface area contributed by atoms with Gasteiger partial charge in [0, 0.05) is 22.1 Å². The van der Waals surface area contributed by atoms with E-state index in [0.717, 1.165) is 5.56 Å². The lowest BCUT2D eigenvalue weighted by atomic mass is 10.1. The Morgan fingerprint density at radius 2 is 1.94 bits per heavy atom.